The molecule has 0 aromatic carbocycles. The number of likely N-dealkylation sites (tertiary alicyclic amines) is 1. The second kappa shape index (κ2) is 4.83. The van der Waals surface area contributed by atoms with Crippen molar-refractivity contribution in [2.24, 2.45) is 5.92 Å². The summed E-state index contributed by atoms with van der Waals surface area (Å²) in [4.78, 5) is 23.6. The molecule has 1 fully saturated rings. The molecule has 1 aliphatic rings. The minimum Gasteiger partial charge on any atom is -0.481 e. The fourth-order valence-electron chi connectivity index (χ4n) is 1.59. The number of aliphatic carboxylic acids is 1. The third-order valence-corrected chi connectivity index (χ3v) is 2.46. The van der Waals surface area contributed by atoms with Crippen molar-refractivity contribution < 1.29 is 14.7 Å². The highest BCUT2D eigenvalue weighted by Crippen LogP contribution is 2.16. The Bertz CT molecular complexity index is 222. The van der Waals surface area contributed by atoms with Gasteiger partial charge in [-0.05, 0) is 19.8 Å². The number of rotatable bonds is 2. The fourth-order valence-corrected chi connectivity index (χ4v) is 1.59. The Kier molecular flexibility index (Phi) is 3.73. The first-order chi connectivity index (χ1) is 6.65. The van der Waals surface area contributed by atoms with E-state index >= 15 is 0 Å². The topological polar surface area (TPSA) is 69.6 Å². The Balaban J connectivity index is 2.35. The molecular weight excluding hydrogens is 184 g/mol. The summed E-state index contributed by atoms with van der Waals surface area (Å²) in [5.74, 6) is -1.03. The summed E-state index contributed by atoms with van der Waals surface area (Å²) in [7, 11) is 0. The minimum atomic E-state index is -0.749. The number of hydrogen-bond donors (Lipinski definition) is 2. The molecule has 0 spiro atoms. The SMILES string of the molecule is CCNC(=O)N1CCC(C(=O)O)CC1. The van der Waals surface area contributed by atoms with E-state index in [9.17, 15) is 9.59 Å². The van der Waals surface area contributed by atoms with E-state index in [1.807, 2.05) is 6.92 Å². The zero-order valence-electron chi connectivity index (χ0n) is 8.32. The highest BCUT2D eigenvalue weighted by Gasteiger charge is 2.26. The van der Waals surface area contributed by atoms with Crippen LogP contribution >= 0.6 is 0 Å². The molecule has 0 radical (unpaired) electrons. The predicted octanol–water partition coefficient (Wildman–Crippen LogP) is 0.513. The van der Waals surface area contributed by atoms with Gasteiger partial charge in [-0.2, -0.15) is 0 Å². The molecule has 0 bridgehead atoms. The van der Waals surface area contributed by atoms with Crippen molar-refractivity contribution in [3.63, 3.8) is 0 Å². The van der Waals surface area contributed by atoms with Crippen LogP contribution in [0.5, 0.6) is 0 Å². The van der Waals surface area contributed by atoms with Crippen LogP contribution in [0.2, 0.25) is 0 Å². The van der Waals surface area contributed by atoms with Crippen molar-refractivity contribution in [1.29, 1.82) is 0 Å². The predicted molar refractivity (Wildman–Crippen MR) is 51.0 cm³/mol. The molecule has 1 aliphatic heterocycles. The summed E-state index contributed by atoms with van der Waals surface area (Å²) >= 11 is 0. The van der Waals surface area contributed by atoms with Crippen LogP contribution in [-0.4, -0.2) is 41.6 Å². The number of carboxylic acids is 1. The van der Waals surface area contributed by atoms with Crippen molar-refractivity contribution in [1.82, 2.24) is 10.2 Å². The molecule has 0 aromatic heterocycles. The van der Waals surface area contributed by atoms with Crippen molar-refractivity contribution in [3.05, 3.63) is 0 Å². The molecule has 5 heteroatoms. The first kappa shape index (κ1) is 10.8. The van der Waals surface area contributed by atoms with Crippen LogP contribution in [0.3, 0.4) is 0 Å². The molecule has 80 valence electrons. The number of urea groups is 1. The van der Waals surface area contributed by atoms with Gasteiger partial charge in [0, 0.05) is 19.6 Å². The van der Waals surface area contributed by atoms with E-state index in [1.54, 1.807) is 4.90 Å². The minimum absolute atomic E-state index is 0.0867. The molecule has 0 aromatic rings. The van der Waals surface area contributed by atoms with Crippen LogP contribution in [-0.2, 0) is 4.79 Å². The van der Waals surface area contributed by atoms with E-state index in [4.69, 9.17) is 5.11 Å². The summed E-state index contributed by atoms with van der Waals surface area (Å²) in [5, 5.41) is 11.4. The lowest BCUT2D eigenvalue weighted by Crippen LogP contribution is -2.45. The van der Waals surface area contributed by atoms with E-state index < -0.39 is 5.97 Å². The maximum atomic E-state index is 11.3. The molecule has 14 heavy (non-hydrogen) atoms. The van der Waals surface area contributed by atoms with Gasteiger partial charge in [-0.25, -0.2) is 4.79 Å². The number of nitrogens with one attached hydrogen (secondary N) is 1. The van der Waals surface area contributed by atoms with E-state index in [1.165, 1.54) is 0 Å². The first-order valence-electron chi connectivity index (χ1n) is 4.90. The van der Waals surface area contributed by atoms with Gasteiger partial charge in [0.2, 0.25) is 0 Å². The molecule has 2 amide bonds. The molecule has 0 saturated carbocycles. The Morgan fingerprint density at radius 3 is 2.43 bits per heavy atom. The number of piperidine rings is 1. The van der Waals surface area contributed by atoms with E-state index in [2.05, 4.69) is 5.32 Å². The van der Waals surface area contributed by atoms with Crippen LogP contribution < -0.4 is 5.32 Å². The van der Waals surface area contributed by atoms with Gasteiger partial charge in [-0.3, -0.25) is 4.79 Å². The number of carboxylic acid groups (broad SMARTS) is 1. The van der Waals surface area contributed by atoms with Gasteiger partial charge in [-0.1, -0.05) is 0 Å². The second-order valence-corrected chi connectivity index (χ2v) is 3.44. The van der Waals surface area contributed by atoms with Crippen molar-refractivity contribution in [2.45, 2.75) is 19.8 Å². The van der Waals surface area contributed by atoms with Crippen LogP contribution in [0, 0.1) is 5.92 Å². The number of carbonyl (C=O) groups is 2. The quantitative estimate of drug-likeness (QED) is 0.682. The smallest absolute Gasteiger partial charge is 0.317 e. The number of carbonyl (C=O) groups excluding carboxylic acids is 1. The van der Waals surface area contributed by atoms with Crippen LogP contribution in [0.15, 0.2) is 0 Å². The number of nitrogens with zero attached hydrogens (tertiary/aromatic N) is 1. The molecular formula is C9H16N2O3. The number of hydrogen-bond acceptors (Lipinski definition) is 2. The molecule has 2 N–H and O–H groups in total. The van der Waals surface area contributed by atoms with Gasteiger partial charge in [0.05, 0.1) is 5.92 Å². The summed E-state index contributed by atoms with van der Waals surface area (Å²) < 4.78 is 0. The van der Waals surface area contributed by atoms with Crippen molar-refractivity contribution >= 4 is 12.0 Å². The Labute approximate surface area is 83.1 Å². The second-order valence-electron chi connectivity index (χ2n) is 3.44. The molecule has 1 saturated heterocycles. The van der Waals surface area contributed by atoms with Crippen molar-refractivity contribution in [3.8, 4) is 0 Å². The molecule has 0 unspecified atom stereocenters. The van der Waals surface area contributed by atoms with Gasteiger partial charge < -0.3 is 15.3 Å². The maximum absolute atomic E-state index is 11.3. The highest BCUT2D eigenvalue weighted by molar-refractivity contribution is 5.75. The monoisotopic (exact) mass is 200 g/mol. The summed E-state index contributed by atoms with van der Waals surface area (Å²) in [5.41, 5.74) is 0. The average molecular weight is 200 g/mol. The standard InChI is InChI=1S/C9H16N2O3/c1-2-10-9(14)11-5-3-7(4-6-11)8(12)13/h7H,2-6H2,1H3,(H,10,14)(H,12,13). The summed E-state index contributed by atoms with van der Waals surface area (Å²) in [6.07, 6.45) is 1.12. The van der Waals surface area contributed by atoms with E-state index in [0.717, 1.165) is 0 Å². The molecule has 5 nitrogen and oxygen atoms in total. The zero-order chi connectivity index (χ0) is 10.6. The lowest BCUT2D eigenvalue weighted by atomic mass is 9.97. The lowest BCUT2D eigenvalue weighted by molar-refractivity contribution is -0.143. The summed E-state index contributed by atoms with van der Waals surface area (Å²) in [6.45, 7) is 3.56. The molecule has 1 heterocycles. The maximum Gasteiger partial charge on any atom is 0.317 e. The molecule has 0 aliphatic carbocycles. The van der Waals surface area contributed by atoms with Gasteiger partial charge in [-0.15, -0.1) is 0 Å². The highest BCUT2D eigenvalue weighted by atomic mass is 16.4. The van der Waals surface area contributed by atoms with Gasteiger partial charge in [0.1, 0.15) is 0 Å². The third-order valence-electron chi connectivity index (χ3n) is 2.46. The lowest BCUT2D eigenvalue weighted by Gasteiger charge is -2.29. The van der Waals surface area contributed by atoms with Gasteiger partial charge >= 0.3 is 12.0 Å². The number of amides is 2. The zero-order valence-corrected chi connectivity index (χ0v) is 8.32. The third kappa shape index (κ3) is 2.61. The van der Waals surface area contributed by atoms with Crippen LogP contribution in [0.4, 0.5) is 4.79 Å². The fraction of sp³-hybridized carbons (Fsp3) is 0.778. The van der Waals surface area contributed by atoms with Crippen LogP contribution in [0.25, 0.3) is 0 Å². The van der Waals surface area contributed by atoms with Crippen LogP contribution in [0.1, 0.15) is 19.8 Å². The Morgan fingerprint density at radius 1 is 1.43 bits per heavy atom. The van der Waals surface area contributed by atoms with Crippen molar-refractivity contribution in [2.75, 3.05) is 19.6 Å². The molecule has 0 atom stereocenters. The van der Waals surface area contributed by atoms with E-state index in [0.29, 0.717) is 32.5 Å². The van der Waals surface area contributed by atoms with E-state index in [-0.39, 0.29) is 11.9 Å². The van der Waals surface area contributed by atoms with Gasteiger partial charge in [0.15, 0.2) is 0 Å². The molecule has 1 rings (SSSR count). The summed E-state index contributed by atoms with van der Waals surface area (Å²) in [6, 6.07) is -0.0867. The van der Waals surface area contributed by atoms with Gasteiger partial charge in [0.25, 0.3) is 0 Å². The normalized spacial score (nSPS) is 17.9. The Hall–Kier alpha value is -1.26. The first-order valence-corrected chi connectivity index (χ1v) is 4.90. The largest absolute Gasteiger partial charge is 0.481 e. The Morgan fingerprint density at radius 2 is 2.00 bits per heavy atom. The average Bonchev–Trinajstić information content (AvgIpc) is 2.18.